The van der Waals surface area contributed by atoms with E-state index in [0.717, 1.165) is 16.7 Å². The zero-order valence-corrected chi connectivity index (χ0v) is 21.8. The third-order valence-corrected chi connectivity index (χ3v) is 9.04. The molecular weight excluding hydrogens is 503 g/mol. The number of piperidine rings is 1. The Labute approximate surface area is 217 Å². The number of hydrogen-bond donors (Lipinski definition) is 1. The summed E-state index contributed by atoms with van der Waals surface area (Å²) in [4.78, 5) is 13.3. The average Bonchev–Trinajstić information content (AvgIpc) is 2.86. The van der Waals surface area contributed by atoms with Crippen LogP contribution in [0, 0.1) is 12.8 Å². The number of carbonyl (C=O) groups is 1. The lowest BCUT2D eigenvalue weighted by Gasteiger charge is -2.32. The zero-order chi connectivity index (χ0) is 25.0. The van der Waals surface area contributed by atoms with E-state index in [1.165, 1.54) is 4.31 Å². The highest BCUT2D eigenvalue weighted by Gasteiger charge is 2.33. The van der Waals surface area contributed by atoms with Gasteiger partial charge in [0.1, 0.15) is 0 Å². The maximum Gasteiger partial charge on any atom is 0.223 e. The molecule has 0 aliphatic carbocycles. The Kier molecular flexibility index (Phi) is 8.17. The third-order valence-electron chi connectivity index (χ3n) is 6.53. The summed E-state index contributed by atoms with van der Waals surface area (Å²) in [7, 11) is -3.61. The molecule has 0 saturated carbocycles. The van der Waals surface area contributed by atoms with Crippen molar-refractivity contribution in [1.82, 2.24) is 9.62 Å². The molecule has 0 aromatic heterocycles. The van der Waals surface area contributed by atoms with E-state index in [0.29, 0.717) is 28.5 Å². The van der Waals surface area contributed by atoms with Crippen molar-refractivity contribution in [2.24, 2.45) is 5.92 Å². The van der Waals surface area contributed by atoms with E-state index in [1.807, 2.05) is 61.5 Å². The van der Waals surface area contributed by atoms with Gasteiger partial charge in [-0.3, -0.25) is 4.79 Å². The summed E-state index contributed by atoms with van der Waals surface area (Å²) in [6, 6.07) is 22.6. The van der Waals surface area contributed by atoms with Crippen molar-refractivity contribution in [1.29, 1.82) is 0 Å². The van der Waals surface area contributed by atoms with Crippen LogP contribution < -0.4 is 5.32 Å². The van der Waals surface area contributed by atoms with Gasteiger partial charge in [-0.25, -0.2) is 12.7 Å². The van der Waals surface area contributed by atoms with E-state index in [9.17, 15) is 13.2 Å². The summed E-state index contributed by atoms with van der Waals surface area (Å²) in [6.07, 6.45) is 0.910. The van der Waals surface area contributed by atoms with Crippen LogP contribution in [0.25, 0.3) is 0 Å². The van der Waals surface area contributed by atoms with Gasteiger partial charge in [0, 0.05) is 34.6 Å². The summed E-state index contributed by atoms with van der Waals surface area (Å²) < 4.78 is 27.5. The Hall–Kier alpha value is -2.38. The Morgan fingerprint density at radius 1 is 0.943 bits per heavy atom. The highest BCUT2D eigenvalue weighted by atomic mass is 35.5. The molecule has 1 fully saturated rings. The van der Waals surface area contributed by atoms with Crippen LogP contribution in [0.1, 0.15) is 41.1 Å². The first-order chi connectivity index (χ1) is 16.8. The van der Waals surface area contributed by atoms with Crippen molar-refractivity contribution in [2.75, 3.05) is 13.1 Å². The van der Waals surface area contributed by atoms with E-state index in [1.54, 1.807) is 18.2 Å². The smallest absolute Gasteiger partial charge is 0.223 e. The highest BCUT2D eigenvalue weighted by Crippen LogP contribution is 2.30. The second-order valence-corrected chi connectivity index (χ2v) is 11.6. The van der Waals surface area contributed by atoms with E-state index < -0.39 is 10.0 Å². The number of amides is 1. The topological polar surface area (TPSA) is 66.5 Å². The Morgan fingerprint density at radius 3 is 2.17 bits per heavy atom. The first-order valence-corrected chi connectivity index (χ1v) is 13.9. The van der Waals surface area contributed by atoms with Crippen LogP contribution in [0.2, 0.25) is 10.0 Å². The number of carbonyl (C=O) groups excluding carboxylic acids is 1. The highest BCUT2D eigenvalue weighted by molar-refractivity contribution is 7.88. The van der Waals surface area contributed by atoms with Crippen LogP contribution in [0.4, 0.5) is 0 Å². The van der Waals surface area contributed by atoms with Crippen molar-refractivity contribution >= 4 is 39.1 Å². The number of rotatable bonds is 7. The van der Waals surface area contributed by atoms with Crippen LogP contribution in [0.5, 0.6) is 0 Å². The molecule has 3 aromatic rings. The summed E-state index contributed by atoms with van der Waals surface area (Å²) in [5, 5.41) is 3.89. The van der Waals surface area contributed by atoms with Gasteiger partial charge in [0.05, 0.1) is 11.8 Å². The number of benzene rings is 3. The molecule has 1 unspecified atom stereocenters. The van der Waals surface area contributed by atoms with Crippen molar-refractivity contribution in [3.8, 4) is 0 Å². The second kappa shape index (κ2) is 11.1. The number of hydrogen-bond acceptors (Lipinski definition) is 3. The van der Waals surface area contributed by atoms with Crippen molar-refractivity contribution < 1.29 is 13.2 Å². The summed E-state index contributed by atoms with van der Waals surface area (Å²) in [6.45, 7) is 2.59. The number of nitrogens with one attached hydrogen (secondary N) is 1. The lowest BCUT2D eigenvalue weighted by atomic mass is 9.92. The van der Waals surface area contributed by atoms with E-state index >= 15 is 0 Å². The lowest BCUT2D eigenvalue weighted by molar-refractivity contribution is -0.126. The van der Waals surface area contributed by atoms with Gasteiger partial charge in [0.25, 0.3) is 0 Å². The van der Waals surface area contributed by atoms with Crippen molar-refractivity contribution in [3.63, 3.8) is 0 Å². The minimum Gasteiger partial charge on any atom is -0.345 e. The number of sulfonamides is 1. The van der Waals surface area contributed by atoms with Crippen LogP contribution in [0.3, 0.4) is 0 Å². The van der Waals surface area contributed by atoms with Gasteiger partial charge in [0.15, 0.2) is 0 Å². The zero-order valence-electron chi connectivity index (χ0n) is 19.5. The van der Waals surface area contributed by atoms with E-state index in [2.05, 4.69) is 5.32 Å². The van der Waals surface area contributed by atoms with Gasteiger partial charge in [-0.2, -0.15) is 0 Å². The molecule has 1 aliphatic heterocycles. The molecule has 184 valence electrons. The average molecular weight is 532 g/mol. The van der Waals surface area contributed by atoms with Gasteiger partial charge >= 0.3 is 0 Å². The third kappa shape index (κ3) is 6.07. The SMILES string of the molecule is Cc1ccccc1C(NC(=O)C1CCN(S(=O)(=O)Cc2c(Cl)cccc2Cl)CC1)c1ccccc1. The molecular formula is C27H28Cl2N2O3S. The molecule has 0 spiro atoms. The Balaban J connectivity index is 1.44. The number of halogens is 2. The largest absolute Gasteiger partial charge is 0.345 e. The van der Waals surface area contributed by atoms with E-state index in [-0.39, 0.29) is 36.7 Å². The molecule has 0 bridgehead atoms. The summed E-state index contributed by atoms with van der Waals surface area (Å²) >= 11 is 12.4. The molecule has 1 atom stereocenters. The maximum absolute atomic E-state index is 13.3. The molecule has 35 heavy (non-hydrogen) atoms. The minimum atomic E-state index is -3.61. The Bertz CT molecular complexity index is 1270. The van der Waals surface area contributed by atoms with Gasteiger partial charge < -0.3 is 5.32 Å². The van der Waals surface area contributed by atoms with E-state index in [4.69, 9.17) is 23.2 Å². The fraction of sp³-hybridized carbons (Fsp3) is 0.296. The predicted molar refractivity (Wildman–Crippen MR) is 141 cm³/mol. The minimum absolute atomic E-state index is 0.0618. The molecule has 8 heteroatoms. The Morgan fingerprint density at radius 2 is 1.54 bits per heavy atom. The molecule has 5 nitrogen and oxygen atoms in total. The molecule has 1 saturated heterocycles. The maximum atomic E-state index is 13.3. The summed E-state index contributed by atoms with van der Waals surface area (Å²) in [5.74, 6) is -0.583. The summed E-state index contributed by atoms with van der Waals surface area (Å²) in [5.41, 5.74) is 3.55. The molecule has 0 radical (unpaired) electrons. The van der Waals surface area contributed by atoms with Crippen LogP contribution in [-0.2, 0) is 20.6 Å². The van der Waals surface area contributed by atoms with Gasteiger partial charge in [-0.05, 0) is 48.6 Å². The molecule has 4 rings (SSSR count). The quantitative estimate of drug-likeness (QED) is 0.422. The van der Waals surface area contributed by atoms with Crippen LogP contribution in [0.15, 0.2) is 72.8 Å². The predicted octanol–water partition coefficient (Wildman–Crippen LogP) is 5.75. The van der Waals surface area contributed by atoms with Crippen LogP contribution in [-0.4, -0.2) is 31.7 Å². The lowest BCUT2D eigenvalue weighted by Crippen LogP contribution is -2.44. The normalized spacial score (nSPS) is 16.1. The van der Waals surface area contributed by atoms with Crippen molar-refractivity contribution in [3.05, 3.63) is 105 Å². The van der Waals surface area contributed by atoms with Gasteiger partial charge in [-0.1, -0.05) is 83.9 Å². The van der Waals surface area contributed by atoms with Crippen molar-refractivity contribution in [2.45, 2.75) is 31.6 Å². The van der Waals surface area contributed by atoms with Gasteiger partial charge in [0.2, 0.25) is 15.9 Å². The fourth-order valence-corrected chi connectivity index (χ4v) is 6.81. The van der Waals surface area contributed by atoms with Crippen LogP contribution >= 0.6 is 23.2 Å². The molecule has 1 heterocycles. The monoisotopic (exact) mass is 530 g/mol. The number of nitrogens with zero attached hydrogens (tertiary/aromatic N) is 1. The standard InChI is InChI=1S/C27H28Cl2N2O3S/c1-19-8-5-6-11-22(19)26(20-9-3-2-4-10-20)30-27(32)21-14-16-31(17-15-21)35(33,34)18-23-24(28)12-7-13-25(23)29/h2-13,21,26H,14-18H2,1H3,(H,30,32). The molecule has 1 amide bonds. The second-order valence-electron chi connectivity index (χ2n) is 8.84. The van der Waals surface area contributed by atoms with Gasteiger partial charge in [-0.15, -0.1) is 0 Å². The molecule has 1 N–H and O–H groups in total. The first kappa shape index (κ1) is 25.7. The number of aryl methyl sites for hydroxylation is 1. The molecule has 3 aromatic carbocycles. The first-order valence-electron chi connectivity index (χ1n) is 11.6. The molecule has 1 aliphatic rings. The fourth-order valence-electron chi connectivity index (χ4n) is 4.50.